The number of rotatable bonds is 10. The number of ether oxygens (including phenoxy) is 1. The molecular formula is C26H38N4O4. The molecular weight excluding hydrogens is 432 g/mol. The van der Waals surface area contributed by atoms with Crippen molar-refractivity contribution in [2.75, 3.05) is 37.6 Å². The summed E-state index contributed by atoms with van der Waals surface area (Å²) in [5.74, 6) is 1.02. The van der Waals surface area contributed by atoms with Gasteiger partial charge in [-0.25, -0.2) is 4.98 Å². The fraction of sp³-hybridized carbons (Fsp3) is 0.615. The molecule has 4 rings (SSSR count). The predicted molar refractivity (Wildman–Crippen MR) is 131 cm³/mol. The first-order valence-electron chi connectivity index (χ1n) is 12.8. The zero-order valence-electron chi connectivity index (χ0n) is 20.3. The maximum Gasteiger partial charge on any atom is 0.306 e. The van der Waals surface area contributed by atoms with Gasteiger partial charge in [-0.3, -0.25) is 14.3 Å². The van der Waals surface area contributed by atoms with Crippen LogP contribution in [0.5, 0.6) is 11.8 Å². The van der Waals surface area contributed by atoms with Gasteiger partial charge in [0.2, 0.25) is 0 Å². The van der Waals surface area contributed by atoms with Crippen LogP contribution in [0, 0.1) is 0 Å². The van der Waals surface area contributed by atoms with Crippen LogP contribution < -0.4 is 4.90 Å². The predicted octanol–water partition coefficient (Wildman–Crippen LogP) is 3.49. The number of carbonyl (C=O) groups excluding carboxylic acids is 1. The summed E-state index contributed by atoms with van der Waals surface area (Å²) in [6, 6.07) is 5.94. The summed E-state index contributed by atoms with van der Waals surface area (Å²) in [5, 5.41) is 21.6. The van der Waals surface area contributed by atoms with Gasteiger partial charge in [-0.15, -0.1) is 0 Å². The van der Waals surface area contributed by atoms with Crippen molar-refractivity contribution in [2.24, 2.45) is 0 Å². The summed E-state index contributed by atoms with van der Waals surface area (Å²) in [5.41, 5.74) is 1.70. The van der Waals surface area contributed by atoms with Crippen LogP contribution in [-0.2, 0) is 28.9 Å². The molecule has 1 aliphatic carbocycles. The molecule has 1 saturated heterocycles. The molecule has 2 aliphatic rings. The average molecular weight is 471 g/mol. The second-order valence-electron chi connectivity index (χ2n) is 9.47. The molecule has 2 aromatic rings. The van der Waals surface area contributed by atoms with E-state index in [2.05, 4.69) is 21.7 Å². The molecule has 1 atom stereocenters. The van der Waals surface area contributed by atoms with Gasteiger partial charge in [-0.1, -0.05) is 25.8 Å². The number of esters is 1. The lowest BCUT2D eigenvalue weighted by molar-refractivity contribution is -0.151. The van der Waals surface area contributed by atoms with Crippen molar-refractivity contribution < 1.29 is 19.7 Å². The molecule has 186 valence electrons. The molecule has 0 amide bonds. The average Bonchev–Trinajstić information content (AvgIpc) is 3.10. The number of aromatic hydroxyl groups is 2. The fourth-order valence-corrected chi connectivity index (χ4v) is 5.09. The van der Waals surface area contributed by atoms with Crippen molar-refractivity contribution >= 4 is 11.8 Å². The van der Waals surface area contributed by atoms with Crippen molar-refractivity contribution in [2.45, 2.75) is 70.9 Å². The lowest BCUT2D eigenvalue weighted by Crippen LogP contribution is -2.49. The Balaban J connectivity index is 1.42. The topological polar surface area (TPSA) is 91.1 Å². The van der Waals surface area contributed by atoms with Crippen LogP contribution in [0.4, 0.5) is 5.82 Å². The number of piperazine rings is 1. The van der Waals surface area contributed by atoms with Crippen LogP contribution in [0.2, 0.25) is 0 Å². The number of anilines is 1. The maximum atomic E-state index is 12.6. The van der Waals surface area contributed by atoms with E-state index in [0.717, 1.165) is 88.1 Å². The molecule has 8 nitrogen and oxygen atoms in total. The smallest absolute Gasteiger partial charge is 0.306 e. The third-order valence-corrected chi connectivity index (χ3v) is 7.00. The third-order valence-electron chi connectivity index (χ3n) is 7.00. The number of hydrogen-bond donors (Lipinski definition) is 2. The minimum Gasteiger partial charge on any atom is -0.494 e. The van der Waals surface area contributed by atoms with Crippen LogP contribution in [0.25, 0.3) is 0 Å². The highest BCUT2D eigenvalue weighted by atomic mass is 16.5. The number of nitrogens with zero attached hydrogens (tertiary/aromatic N) is 4. The van der Waals surface area contributed by atoms with Crippen LogP contribution >= 0.6 is 0 Å². The van der Waals surface area contributed by atoms with E-state index in [1.54, 1.807) is 4.57 Å². The molecule has 8 heteroatoms. The van der Waals surface area contributed by atoms with Gasteiger partial charge in [0.1, 0.15) is 11.9 Å². The second-order valence-corrected chi connectivity index (χ2v) is 9.47. The third kappa shape index (κ3) is 5.84. The summed E-state index contributed by atoms with van der Waals surface area (Å²) in [6.07, 6.45) is 8.22. The Morgan fingerprint density at radius 2 is 1.74 bits per heavy atom. The van der Waals surface area contributed by atoms with E-state index in [9.17, 15) is 15.0 Å². The highest BCUT2D eigenvalue weighted by Gasteiger charge is 2.29. The minimum atomic E-state index is -0.443. The van der Waals surface area contributed by atoms with Crippen molar-refractivity contribution in [3.05, 3.63) is 35.5 Å². The van der Waals surface area contributed by atoms with E-state index in [4.69, 9.17) is 4.74 Å². The van der Waals surface area contributed by atoms with E-state index in [-0.39, 0.29) is 24.3 Å². The zero-order chi connectivity index (χ0) is 23.9. The van der Waals surface area contributed by atoms with Crippen molar-refractivity contribution in [1.82, 2.24) is 14.5 Å². The SMILES string of the molecule is CCCCCC(=O)OC(CN1CCN(c2ccccn2)CC1)Cn1c(O)c2c(c1O)CCCC2. The molecule has 1 aliphatic heterocycles. The summed E-state index contributed by atoms with van der Waals surface area (Å²) >= 11 is 0. The largest absolute Gasteiger partial charge is 0.494 e. The molecule has 1 fully saturated rings. The highest BCUT2D eigenvalue weighted by molar-refractivity contribution is 5.69. The molecule has 3 heterocycles. The summed E-state index contributed by atoms with van der Waals surface area (Å²) in [6.45, 7) is 6.30. The van der Waals surface area contributed by atoms with Gasteiger partial charge in [0.25, 0.3) is 0 Å². The number of unbranched alkanes of at least 4 members (excludes halogenated alkanes) is 2. The van der Waals surface area contributed by atoms with E-state index >= 15 is 0 Å². The summed E-state index contributed by atoms with van der Waals surface area (Å²) in [4.78, 5) is 21.6. The lowest BCUT2D eigenvalue weighted by Gasteiger charge is -2.37. The minimum absolute atomic E-state index is 0.124. The van der Waals surface area contributed by atoms with Gasteiger partial charge in [0.15, 0.2) is 11.8 Å². The number of fused-ring (bicyclic) bond motifs is 1. The highest BCUT2D eigenvalue weighted by Crippen LogP contribution is 2.39. The Morgan fingerprint density at radius 3 is 2.35 bits per heavy atom. The second kappa shape index (κ2) is 11.6. The van der Waals surface area contributed by atoms with E-state index in [1.807, 2.05) is 24.4 Å². The van der Waals surface area contributed by atoms with Gasteiger partial charge in [0, 0.05) is 56.5 Å². The number of pyridine rings is 1. The van der Waals surface area contributed by atoms with Crippen LogP contribution in [0.15, 0.2) is 24.4 Å². The molecule has 2 N–H and O–H groups in total. The maximum absolute atomic E-state index is 12.6. The number of aromatic nitrogens is 2. The van der Waals surface area contributed by atoms with Crippen LogP contribution in [-0.4, -0.2) is 69.5 Å². The Morgan fingerprint density at radius 1 is 1.03 bits per heavy atom. The van der Waals surface area contributed by atoms with Gasteiger partial charge < -0.3 is 19.8 Å². The van der Waals surface area contributed by atoms with E-state index in [1.165, 1.54) is 0 Å². The lowest BCUT2D eigenvalue weighted by atomic mass is 9.95. The first-order chi connectivity index (χ1) is 16.6. The molecule has 0 radical (unpaired) electrons. The molecule has 2 aromatic heterocycles. The standard InChI is InChI=1S/C26H38N4O4/c1-2-3-4-12-24(31)34-20(19-30-25(32)21-9-5-6-10-22(21)26(30)33)18-28-14-16-29(17-15-28)23-11-7-8-13-27-23/h7-8,11,13,20,32-33H,2-6,9-10,12,14-19H2,1H3. The molecule has 0 bridgehead atoms. The van der Waals surface area contributed by atoms with Crippen LogP contribution in [0.3, 0.4) is 0 Å². The van der Waals surface area contributed by atoms with E-state index < -0.39 is 6.10 Å². The summed E-state index contributed by atoms with van der Waals surface area (Å²) < 4.78 is 7.45. The Labute approximate surface area is 202 Å². The molecule has 0 aromatic carbocycles. The van der Waals surface area contributed by atoms with Gasteiger partial charge >= 0.3 is 5.97 Å². The molecule has 1 unspecified atom stereocenters. The van der Waals surface area contributed by atoms with Gasteiger partial charge in [0.05, 0.1) is 6.54 Å². The van der Waals surface area contributed by atoms with Gasteiger partial charge in [-0.2, -0.15) is 0 Å². The quantitative estimate of drug-likeness (QED) is 0.406. The molecule has 0 spiro atoms. The Bertz CT molecular complexity index is 909. The summed E-state index contributed by atoms with van der Waals surface area (Å²) in [7, 11) is 0. The van der Waals surface area contributed by atoms with E-state index in [0.29, 0.717) is 13.0 Å². The first kappa shape index (κ1) is 24.4. The van der Waals surface area contributed by atoms with Crippen molar-refractivity contribution in [3.63, 3.8) is 0 Å². The Hall–Kier alpha value is -2.74. The molecule has 0 saturated carbocycles. The molecule has 34 heavy (non-hydrogen) atoms. The van der Waals surface area contributed by atoms with Crippen molar-refractivity contribution in [1.29, 1.82) is 0 Å². The van der Waals surface area contributed by atoms with Crippen LogP contribution in [0.1, 0.15) is 56.6 Å². The zero-order valence-corrected chi connectivity index (χ0v) is 20.3. The fourth-order valence-electron chi connectivity index (χ4n) is 5.09. The van der Waals surface area contributed by atoms with Gasteiger partial charge in [-0.05, 0) is 44.2 Å². The monoisotopic (exact) mass is 470 g/mol. The normalized spacial score (nSPS) is 17.4. The van der Waals surface area contributed by atoms with Crippen molar-refractivity contribution in [3.8, 4) is 11.8 Å². The number of hydrogen-bond acceptors (Lipinski definition) is 7. The number of carbonyl (C=O) groups is 1. The first-order valence-corrected chi connectivity index (χ1v) is 12.8. The Kier molecular flexibility index (Phi) is 8.32.